The third-order valence-corrected chi connectivity index (χ3v) is 6.63. The number of fused-ring (bicyclic) bond motifs is 1. The van der Waals surface area contributed by atoms with Crippen LogP contribution in [-0.2, 0) is 11.3 Å². The number of halogens is 5. The summed E-state index contributed by atoms with van der Waals surface area (Å²) in [6.45, 7) is -0.603. The summed E-state index contributed by atoms with van der Waals surface area (Å²) in [6, 6.07) is -0.340. The lowest BCUT2D eigenvalue weighted by atomic mass is 10.1. The summed E-state index contributed by atoms with van der Waals surface area (Å²) in [6.07, 6.45) is -0.351. The highest BCUT2D eigenvalue weighted by molar-refractivity contribution is 5.93. The maximum atomic E-state index is 13.8. The number of rotatable bonds is 9. The van der Waals surface area contributed by atoms with Crippen LogP contribution in [0.25, 0.3) is 5.65 Å². The fraction of sp³-hybridized carbons (Fsp3) is 0.565. The number of hydrogen-bond donors (Lipinski definition) is 2. The largest absolute Gasteiger partial charge is 0.416 e. The molecule has 0 aromatic carbocycles. The molecule has 1 aliphatic heterocycles. The van der Waals surface area contributed by atoms with Crippen molar-refractivity contribution in [3.8, 4) is 0 Å². The summed E-state index contributed by atoms with van der Waals surface area (Å²) < 4.78 is 79.1. The number of amides is 3. The van der Waals surface area contributed by atoms with Gasteiger partial charge in [0.15, 0.2) is 16.9 Å². The molecule has 0 spiro atoms. The average Bonchev–Trinajstić information content (AvgIpc) is 3.43. The molecule has 17 heteroatoms. The monoisotopic (exact) mass is 572 g/mol. The van der Waals surface area contributed by atoms with Crippen molar-refractivity contribution in [2.75, 3.05) is 19.7 Å². The highest BCUT2D eigenvalue weighted by Crippen LogP contribution is 2.40. The second-order valence-electron chi connectivity index (χ2n) is 10.3. The van der Waals surface area contributed by atoms with Gasteiger partial charge in [-0.2, -0.15) is 18.3 Å². The van der Waals surface area contributed by atoms with Gasteiger partial charge in [0.05, 0.1) is 43.8 Å². The van der Waals surface area contributed by atoms with Gasteiger partial charge in [0.2, 0.25) is 0 Å². The molecule has 2 N–H and O–H groups in total. The fourth-order valence-corrected chi connectivity index (χ4v) is 4.04. The molecule has 3 aromatic rings. The normalized spacial score (nSPS) is 18.6. The van der Waals surface area contributed by atoms with Crippen LogP contribution in [-0.4, -0.2) is 79.1 Å². The van der Waals surface area contributed by atoms with Crippen LogP contribution in [0, 0.1) is 0 Å². The number of carbonyl (C=O) groups excluding carboxylic acids is 2. The summed E-state index contributed by atoms with van der Waals surface area (Å²) in [5, 5.41) is 16.3. The number of hydrogen-bond acceptors (Lipinski definition) is 8. The third-order valence-electron chi connectivity index (χ3n) is 6.63. The Morgan fingerprint density at radius 3 is 2.75 bits per heavy atom. The van der Waals surface area contributed by atoms with Gasteiger partial charge in [-0.15, -0.1) is 0 Å². The van der Waals surface area contributed by atoms with Gasteiger partial charge in [0, 0.05) is 12.5 Å². The first-order valence-electron chi connectivity index (χ1n) is 12.3. The van der Waals surface area contributed by atoms with E-state index in [2.05, 4.69) is 31.0 Å². The summed E-state index contributed by atoms with van der Waals surface area (Å²) >= 11 is 0. The van der Waals surface area contributed by atoms with Crippen LogP contribution < -0.4 is 10.6 Å². The van der Waals surface area contributed by atoms with Gasteiger partial charge in [0.1, 0.15) is 5.69 Å². The smallest absolute Gasteiger partial charge is 0.364 e. The van der Waals surface area contributed by atoms with E-state index in [1.54, 1.807) is 0 Å². The summed E-state index contributed by atoms with van der Waals surface area (Å²) in [5.74, 6) is -3.81. The molecule has 4 heterocycles. The molecule has 1 atom stereocenters. The molecule has 0 unspecified atom stereocenters. The van der Waals surface area contributed by atoms with Crippen LogP contribution >= 0.6 is 0 Å². The zero-order chi connectivity index (χ0) is 28.9. The van der Waals surface area contributed by atoms with Gasteiger partial charge < -0.3 is 20.3 Å². The van der Waals surface area contributed by atoms with E-state index in [-0.39, 0.29) is 29.5 Å². The van der Waals surface area contributed by atoms with Crippen molar-refractivity contribution >= 4 is 17.6 Å². The van der Waals surface area contributed by atoms with Crippen molar-refractivity contribution < 1.29 is 40.9 Å². The van der Waals surface area contributed by atoms with E-state index < -0.39 is 55.4 Å². The van der Waals surface area contributed by atoms with Gasteiger partial charge in [-0.25, -0.2) is 27.7 Å². The van der Waals surface area contributed by atoms with Gasteiger partial charge in [-0.05, 0) is 43.5 Å². The molecule has 216 valence electrons. The van der Waals surface area contributed by atoms with Crippen molar-refractivity contribution in [3.63, 3.8) is 0 Å². The minimum absolute atomic E-state index is 0.0191. The van der Waals surface area contributed by atoms with Gasteiger partial charge in [-0.1, -0.05) is 5.16 Å². The van der Waals surface area contributed by atoms with E-state index in [0.717, 1.165) is 31.6 Å². The number of alkyl halides is 5. The van der Waals surface area contributed by atoms with Crippen LogP contribution in [0.2, 0.25) is 0 Å². The first-order chi connectivity index (χ1) is 18.7. The maximum Gasteiger partial charge on any atom is 0.416 e. The minimum atomic E-state index is -4.69. The lowest BCUT2D eigenvalue weighted by molar-refractivity contribution is -0.265. The van der Waals surface area contributed by atoms with E-state index in [4.69, 9.17) is 9.37 Å². The molecule has 3 aromatic heterocycles. The van der Waals surface area contributed by atoms with E-state index >= 15 is 0 Å². The zero-order valence-electron chi connectivity index (χ0n) is 21.3. The average molecular weight is 572 g/mol. The van der Waals surface area contributed by atoms with Crippen molar-refractivity contribution in [2.24, 2.45) is 0 Å². The Hall–Kier alpha value is -3.89. The summed E-state index contributed by atoms with van der Waals surface area (Å²) in [4.78, 5) is 30.4. The Kier molecular flexibility index (Phi) is 6.87. The van der Waals surface area contributed by atoms with Crippen molar-refractivity contribution in [3.05, 3.63) is 41.1 Å². The van der Waals surface area contributed by atoms with E-state index in [9.17, 15) is 31.5 Å². The Balaban J connectivity index is 1.39. The number of aromatic nitrogens is 5. The highest BCUT2D eigenvalue weighted by Gasteiger charge is 2.49. The van der Waals surface area contributed by atoms with E-state index in [1.165, 1.54) is 23.0 Å². The van der Waals surface area contributed by atoms with Crippen LogP contribution in [0.3, 0.4) is 0 Å². The Labute approximate surface area is 223 Å². The molecule has 2 fully saturated rings. The number of carbonyl (C=O) groups is 2. The first kappa shape index (κ1) is 27.7. The number of urea groups is 1. The second kappa shape index (κ2) is 9.94. The molecular formula is C23H25F5N8O4. The number of ether oxygens (including phenoxy) is 1. The summed E-state index contributed by atoms with van der Waals surface area (Å²) in [5.41, 5.74) is -1.55. The van der Waals surface area contributed by atoms with Crippen LogP contribution in [0.5, 0.6) is 0 Å². The van der Waals surface area contributed by atoms with Gasteiger partial charge in [0.25, 0.3) is 11.8 Å². The fourth-order valence-electron chi connectivity index (χ4n) is 4.04. The quantitative estimate of drug-likeness (QED) is 0.373. The van der Waals surface area contributed by atoms with Crippen LogP contribution in [0.4, 0.5) is 26.7 Å². The number of imidazole rings is 1. The molecular weight excluding hydrogens is 547 g/mol. The predicted molar refractivity (Wildman–Crippen MR) is 124 cm³/mol. The van der Waals surface area contributed by atoms with Crippen molar-refractivity contribution in [1.29, 1.82) is 0 Å². The Morgan fingerprint density at radius 2 is 2.05 bits per heavy atom. The SMILES string of the molecule is CC(C)(OC[C@H](NC(=O)c1nonc1C1CC1)c1cn2ncc(CN3CC(F)(F)CNC3=O)cc2n1)C(F)(F)F. The predicted octanol–water partition coefficient (Wildman–Crippen LogP) is 2.98. The first-order valence-corrected chi connectivity index (χ1v) is 12.3. The Morgan fingerprint density at radius 1 is 1.30 bits per heavy atom. The zero-order valence-corrected chi connectivity index (χ0v) is 21.3. The Bertz CT molecular complexity index is 1420. The molecule has 2 aliphatic rings. The third kappa shape index (κ3) is 5.83. The topological polar surface area (TPSA) is 140 Å². The second-order valence-corrected chi connectivity index (χ2v) is 10.3. The van der Waals surface area contributed by atoms with Gasteiger partial charge in [-0.3, -0.25) is 4.79 Å². The molecule has 3 amide bonds. The molecule has 0 radical (unpaired) electrons. The number of nitrogens with one attached hydrogen (secondary N) is 2. The maximum absolute atomic E-state index is 13.8. The van der Waals surface area contributed by atoms with E-state index in [0.29, 0.717) is 11.3 Å². The molecule has 0 bridgehead atoms. The van der Waals surface area contributed by atoms with Crippen molar-refractivity contribution in [2.45, 2.75) is 62.9 Å². The standard InChI is InChI=1S/C23H25F5N8O4/c1-21(2,23(26,27)28)39-9-15(32-19(37)18-17(13-3-4-13)33-40-34-18)14-8-36-16(31-14)5-12(6-30-36)7-35-11-22(24,25)10-29-20(35)38/h5-6,8,13,15H,3-4,7,9-11H2,1-2H3,(H,29,38)(H,32,37)/t15-/m0/s1. The number of nitrogens with zero attached hydrogens (tertiary/aromatic N) is 6. The molecule has 40 heavy (non-hydrogen) atoms. The van der Waals surface area contributed by atoms with E-state index in [1.807, 2.05) is 0 Å². The molecule has 5 rings (SSSR count). The lowest BCUT2D eigenvalue weighted by Crippen LogP contribution is -2.56. The summed E-state index contributed by atoms with van der Waals surface area (Å²) in [7, 11) is 0. The molecule has 1 saturated heterocycles. The minimum Gasteiger partial charge on any atom is -0.364 e. The van der Waals surface area contributed by atoms with Gasteiger partial charge >= 0.3 is 12.2 Å². The van der Waals surface area contributed by atoms with Crippen LogP contribution in [0.1, 0.15) is 66.1 Å². The lowest BCUT2D eigenvalue weighted by Gasteiger charge is -2.32. The van der Waals surface area contributed by atoms with Crippen LogP contribution in [0.15, 0.2) is 23.1 Å². The molecule has 1 saturated carbocycles. The molecule has 12 nitrogen and oxygen atoms in total. The van der Waals surface area contributed by atoms with Crippen molar-refractivity contribution in [1.82, 2.24) is 40.4 Å². The molecule has 1 aliphatic carbocycles. The highest BCUT2D eigenvalue weighted by atomic mass is 19.4.